The van der Waals surface area contributed by atoms with Gasteiger partial charge < -0.3 is 15.2 Å². The molecule has 0 radical (unpaired) electrons. The van der Waals surface area contributed by atoms with Crippen LogP contribution in [0.1, 0.15) is 44.9 Å². The average Bonchev–Trinajstić information content (AvgIpc) is 2.83. The fourth-order valence-electron chi connectivity index (χ4n) is 2.91. The molecule has 0 bridgehead atoms. The van der Waals surface area contributed by atoms with Crippen molar-refractivity contribution < 1.29 is 14.6 Å². The minimum absolute atomic E-state index is 0.0206. The van der Waals surface area contributed by atoms with Gasteiger partial charge in [-0.1, -0.05) is 12.8 Å². The topological polar surface area (TPSA) is 58.6 Å². The van der Waals surface area contributed by atoms with Gasteiger partial charge in [-0.3, -0.25) is 4.79 Å². The normalized spacial score (nSPS) is 24.8. The Morgan fingerprint density at radius 2 is 1.94 bits per heavy atom. The molecule has 2 aliphatic rings. The summed E-state index contributed by atoms with van der Waals surface area (Å²) in [5, 5.41) is 12.5. The molecule has 0 spiro atoms. The average molecular weight is 241 g/mol. The van der Waals surface area contributed by atoms with Gasteiger partial charge in [0.25, 0.3) is 0 Å². The standard InChI is InChI=1S/C13H23NO3/c15-10-13(5-7-17-8-6-13)14-12(16)9-11-3-1-2-4-11/h11,15H,1-10H2,(H,14,16). The lowest BCUT2D eigenvalue weighted by atomic mass is 9.90. The van der Waals surface area contributed by atoms with E-state index in [4.69, 9.17) is 4.74 Å². The summed E-state index contributed by atoms with van der Waals surface area (Å²) in [4.78, 5) is 12.0. The van der Waals surface area contributed by atoms with Crippen LogP contribution in [0.3, 0.4) is 0 Å². The monoisotopic (exact) mass is 241 g/mol. The number of amides is 1. The highest BCUT2D eigenvalue weighted by molar-refractivity contribution is 5.77. The van der Waals surface area contributed by atoms with Gasteiger partial charge in [0, 0.05) is 19.6 Å². The molecule has 0 aromatic rings. The molecule has 1 aliphatic carbocycles. The molecule has 2 N–H and O–H groups in total. The van der Waals surface area contributed by atoms with Gasteiger partial charge >= 0.3 is 0 Å². The van der Waals surface area contributed by atoms with Gasteiger partial charge in [0.2, 0.25) is 5.91 Å². The Labute approximate surface area is 103 Å². The Bertz CT molecular complexity index is 255. The number of rotatable bonds is 4. The van der Waals surface area contributed by atoms with Gasteiger partial charge in [-0.2, -0.15) is 0 Å². The number of hydrogen-bond acceptors (Lipinski definition) is 3. The molecule has 0 aromatic carbocycles. The van der Waals surface area contributed by atoms with Crippen LogP contribution in [0.2, 0.25) is 0 Å². The van der Waals surface area contributed by atoms with Crippen molar-refractivity contribution in [3.05, 3.63) is 0 Å². The molecule has 0 atom stereocenters. The van der Waals surface area contributed by atoms with Crippen LogP contribution in [0.25, 0.3) is 0 Å². The Hall–Kier alpha value is -0.610. The van der Waals surface area contributed by atoms with Crippen molar-refractivity contribution in [1.29, 1.82) is 0 Å². The zero-order valence-electron chi connectivity index (χ0n) is 10.4. The van der Waals surface area contributed by atoms with Gasteiger partial charge in [0.15, 0.2) is 0 Å². The lowest BCUT2D eigenvalue weighted by Crippen LogP contribution is -2.54. The fraction of sp³-hybridized carbons (Fsp3) is 0.923. The van der Waals surface area contributed by atoms with Crippen LogP contribution in [0.4, 0.5) is 0 Å². The molecule has 2 rings (SSSR count). The Kier molecular flexibility index (Phi) is 4.40. The summed E-state index contributed by atoms with van der Waals surface area (Å²) in [6.45, 7) is 1.28. The summed E-state index contributed by atoms with van der Waals surface area (Å²) in [6, 6.07) is 0. The van der Waals surface area contributed by atoms with Crippen molar-refractivity contribution in [2.45, 2.75) is 50.5 Å². The third-order valence-electron chi connectivity index (χ3n) is 4.11. The second-order valence-electron chi connectivity index (χ2n) is 5.45. The third kappa shape index (κ3) is 3.42. The first-order valence-corrected chi connectivity index (χ1v) is 6.74. The molecule has 0 aromatic heterocycles. The van der Waals surface area contributed by atoms with Crippen LogP contribution in [0, 0.1) is 5.92 Å². The molecule has 1 saturated heterocycles. The zero-order valence-corrected chi connectivity index (χ0v) is 10.4. The number of ether oxygens (including phenoxy) is 1. The van der Waals surface area contributed by atoms with E-state index in [1.807, 2.05) is 0 Å². The first kappa shape index (κ1) is 12.8. The molecule has 4 nitrogen and oxygen atoms in total. The quantitative estimate of drug-likeness (QED) is 0.778. The SMILES string of the molecule is O=C(CC1CCCC1)NC1(CO)CCOCC1. The summed E-state index contributed by atoms with van der Waals surface area (Å²) in [7, 11) is 0. The van der Waals surface area contributed by atoms with Gasteiger partial charge in [-0.25, -0.2) is 0 Å². The summed E-state index contributed by atoms with van der Waals surface area (Å²) in [5.41, 5.74) is -0.423. The summed E-state index contributed by atoms with van der Waals surface area (Å²) in [6.07, 6.45) is 6.96. The van der Waals surface area contributed by atoms with Crippen LogP contribution in [0.5, 0.6) is 0 Å². The van der Waals surface area contributed by atoms with E-state index in [2.05, 4.69) is 5.32 Å². The van der Waals surface area contributed by atoms with E-state index in [1.54, 1.807) is 0 Å². The summed E-state index contributed by atoms with van der Waals surface area (Å²) >= 11 is 0. The molecular weight excluding hydrogens is 218 g/mol. The Balaban J connectivity index is 1.82. The number of nitrogens with one attached hydrogen (secondary N) is 1. The molecule has 1 amide bonds. The lowest BCUT2D eigenvalue weighted by molar-refractivity contribution is -0.126. The van der Waals surface area contributed by atoms with Gasteiger partial charge in [-0.05, 0) is 31.6 Å². The van der Waals surface area contributed by atoms with E-state index in [1.165, 1.54) is 25.7 Å². The van der Waals surface area contributed by atoms with E-state index in [0.717, 1.165) is 12.8 Å². The van der Waals surface area contributed by atoms with Gasteiger partial charge in [-0.15, -0.1) is 0 Å². The molecule has 1 heterocycles. The largest absolute Gasteiger partial charge is 0.394 e. The minimum Gasteiger partial charge on any atom is -0.394 e. The maximum Gasteiger partial charge on any atom is 0.220 e. The molecule has 0 unspecified atom stereocenters. The zero-order chi connectivity index (χ0) is 12.1. The summed E-state index contributed by atoms with van der Waals surface area (Å²) < 4.78 is 5.28. The molecular formula is C13H23NO3. The summed E-state index contributed by atoms with van der Waals surface area (Å²) in [5.74, 6) is 0.665. The van der Waals surface area contributed by atoms with E-state index < -0.39 is 5.54 Å². The highest BCUT2D eigenvalue weighted by Crippen LogP contribution is 2.28. The first-order chi connectivity index (χ1) is 8.24. The number of aliphatic hydroxyl groups excluding tert-OH is 1. The van der Waals surface area contributed by atoms with Crippen LogP contribution < -0.4 is 5.32 Å². The third-order valence-corrected chi connectivity index (χ3v) is 4.11. The highest BCUT2D eigenvalue weighted by atomic mass is 16.5. The van der Waals surface area contributed by atoms with Crippen molar-refractivity contribution in [2.24, 2.45) is 5.92 Å². The van der Waals surface area contributed by atoms with Crippen LogP contribution in [-0.4, -0.2) is 36.4 Å². The Morgan fingerprint density at radius 1 is 1.29 bits per heavy atom. The maximum absolute atomic E-state index is 12.0. The van der Waals surface area contributed by atoms with Gasteiger partial charge in [0.1, 0.15) is 0 Å². The predicted molar refractivity (Wildman–Crippen MR) is 64.6 cm³/mol. The lowest BCUT2D eigenvalue weighted by Gasteiger charge is -2.36. The van der Waals surface area contributed by atoms with Crippen molar-refractivity contribution >= 4 is 5.91 Å². The highest BCUT2D eigenvalue weighted by Gasteiger charge is 2.34. The minimum atomic E-state index is -0.423. The van der Waals surface area contributed by atoms with Crippen molar-refractivity contribution in [2.75, 3.05) is 19.8 Å². The fourth-order valence-corrected chi connectivity index (χ4v) is 2.91. The maximum atomic E-state index is 12.0. The molecule has 98 valence electrons. The van der Waals surface area contributed by atoms with Gasteiger partial charge in [0.05, 0.1) is 12.1 Å². The van der Waals surface area contributed by atoms with Crippen LogP contribution >= 0.6 is 0 Å². The Morgan fingerprint density at radius 3 is 2.53 bits per heavy atom. The van der Waals surface area contributed by atoms with E-state index in [0.29, 0.717) is 25.6 Å². The smallest absolute Gasteiger partial charge is 0.220 e. The number of aliphatic hydroxyl groups is 1. The number of carbonyl (C=O) groups is 1. The van der Waals surface area contributed by atoms with E-state index in [9.17, 15) is 9.90 Å². The molecule has 1 aliphatic heterocycles. The van der Waals surface area contributed by atoms with Crippen molar-refractivity contribution in [1.82, 2.24) is 5.32 Å². The molecule has 1 saturated carbocycles. The predicted octanol–water partition coefficient (Wildman–Crippen LogP) is 1.22. The first-order valence-electron chi connectivity index (χ1n) is 6.74. The van der Waals surface area contributed by atoms with Crippen LogP contribution in [-0.2, 0) is 9.53 Å². The second-order valence-corrected chi connectivity index (χ2v) is 5.45. The van der Waals surface area contributed by atoms with E-state index >= 15 is 0 Å². The number of carbonyl (C=O) groups excluding carboxylic acids is 1. The molecule has 4 heteroatoms. The van der Waals surface area contributed by atoms with Crippen LogP contribution in [0.15, 0.2) is 0 Å². The molecule has 17 heavy (non-hydrogen) atoms. The second kappa shape index (κ2) is 5.83. The van der Waals surface area contributed by atoms with E-state index in [-0.39, 0.29) is 12.5 Å². The molecule has 2 fully saturated rings. The number of hydrogen-bond donors (Lipinski definition) is 2. The van der Waals surface area contributed by atoms with Crippen molar-refractivity contribution in [3.63, 3.8) is 0 Å². The van der Waals surface area contributed by atoms with Crippen molar-refractivity contribution in [3.8, 4) is 0 Å².